The van der Waals surface area contributed by atoms with Crippen LogP contribution in [0.15, 0.2) is 6.07 Å². The third-order valence-electron chi connectivity index (χ3n) is 3.66. The van der Waals surface area contributed by atoms with Gasteiger partial charge in [-0.1, -0.05) is 0 Å². The van der Waals surface area contributed by atoms with Crippen molar-refractivity contribution in [2.45, 2.75) is 38.1 Å². The van der Waals surface area contributed by atoms with Crippen LogP contribution in [0.5, 0.6) is 0 Å². The second-order valence-corrected chi connectivity index (χ2v) is 4.52. The summed E-state index contributed by atoms with van der Waals surface area (Å²) in [6, 6.07) is 2.10. The zero-order valence-corrected chi connectivity index (χ0v) is 8.52. The molecule has 2 heterocycles. The summed E-state index contributed by atoms with van der Waals surface area (Å²) in [4.78, 5) is 10.9. The molecule has 0 spiro atoms. The molecule has 2 atom stereocenters. The lowest BCUT2D eigenvalue weighted by molar-refractivity contribution is -0.145. The Morgan fingerprint density at radius 3 is 3.00 bits per heavy atom. The molecule has 1 unspecified atom stereocenters. The van der Waals surface area contributed by atoms with Gasteiger partial charge < -0.3 is 5.11 Å². The van der Waals surface area contributed by atoms with Crippen molar-refractivity contribution < 1.29 is 9.90 Å². The van der Waals surface area contributed by atoms with E-state index in [-0.39, 0.29) is 11.8 Å². The molecule has 15 heavy (non-hydrogen) atoms. The number of carbonyl (C=O) groups is 1. The van der Waals surface area contributed by atoms with Crippen molar-refractivity contribution in [2.24, 2.45) is 5.92 Å². The SMILES string of the molecule is O=C(O)[C@H]1CCC1c1cc2n(n1)CCC2. The lowest BCUT2D eigenvalue weighted by atomic mass is 9.72. The van der Waals surface area contributed by atoms with E-state index in [0.29, 0.717) is 0 Å². The fraction of sp³-hybridized carbons (Fsp3) is 0.636. The standard InChI is InChI=1S/C11H14N2O2/c14-11(15)9-4-3-8(9)10-6-7-2-1-5-13(7)12-10/h6,8-9H,1-5H2,(H,14,15)/t8?,9-/m0/s1. The van der Waals surface area contributed by atoms with Crippen LogP contribution in [0.3, 0.4) is 0 Å². The molecule has 1 aliphatic heterocycles. The lowest BCUT2D eigenvalue weighted by Gasteiger charge is -2.31. The number of hydrogen-bond acceptors (Lipinski definition) is 2. The molecule has 0 bridgehead atoms. The van der Waals surface area contributed by atoms with Crippen LogP contribution in [0.2, 0.25) is 0 Å². The molecule has 1 N–H and O–H groups in total. The fourth-order valence-corrected chi connectivity index (χ4v) is 2.61. The molecule has 1 aromatic rings. The van der Waals surface area contributed by atoms with Crippen LogP contribution in [-0.4, -0.2) is 20.9 Å². The highest BCUT2D eigenvalue weighted by atomic mass is 16.4. The minimum Gasteiger partial charge on any atom is -0.481 e. The Hall–Kier alpha value is -1.32. The predicted molar refractivity (Wildman–Crippen MR) is 53.6 cm³/mol. The summed E-state index contributed by atoms with van der Waals surface area (Å²) in [6.07, 6.45) is 4.06. The fourth-order valence-electron chi connectivity index (χ4n) is 2.61. The third-order valence-corrected chi connectivity index (χ3v) is 3.66. The van der Waals surface area contributed by atoms with Gasteiger partial charge in [0.05, 0.1) is 11.6 Å². The Morgan fingerprint density at radius 1 is 1.53 bits per heavy atom. The van der Waals surface area contributed by atoms with Gasteiger partial charge in [-0.15, -0.1) is 0 Å². The number of aromatic nitrogens is 2. The minimum absolute atomic E-state index is 0.167. The number of nitrogens with zero attached hydrogens (tertiary/aromatic N) is 2. The van der Waals surface area contributed by atoms with Crippen molar-refractivity contribution in [3.63, 3.8) is 0 Å². The number of carboxylic acid groups (broad SMARTS) is 1. The van der Waals surface area contributed by atoms with Crippen LogP contribution < -0.4 is 0 Å². The molecule has 0 saturated heterocycles. The number of aryl methyl sites for hydroxylation is 2. The molecule has 1 aromatic heterocycles. The first-order valence-corrected chi connectivity index (χ1v) is 5.55. The molecule has 4 heteroatoms. The second-order valence-electron chi connectivity index (χ2n) is 4.52. The maximum absolute atomic E-state index is 10.9. The normalized spacial score (nSPS) is 28.5. The van der Waals surface area contributed by atoms with Crippen molar-refractivity contribution >= 4 is 5.97 Å². The number of fused-ring (bicyclic) bond motifs is 1. The largest absolute Gasteiger partial charge is 0.481 e. The van der Waals surface area contributed by atoms with Crippen molar-refractivity contribution in [3.05, 3.63) is 17.5 Å². The molecule has 0 amide bonds. The quantitative estimate of drug-likeness (QED) is 0.795. The Kier molecular flexibility index (Phi) is 1.84. The summed E-state index contributed by atoms with van der Waals surface area (Å²) in [7, 11) is 0. The van der Waals surface area contributed by atoms with Crippen LogP contribution in [0.1, 0.15) is 36.6 Å². The van der Waals surface area contributed by atoms with Gasteiger partial charge in [-0.05, 0) is 31.7 Å². The van der Waals surface area contributed by atoms with E-state index in [1.807, 2.05) is 4.68 Å². The molecule has 1 fully saturated rings. The topological polar surface area (TPSA) is 55.1 Å². The van der Waals surface area contributed by atoms with Crippen LogP contribution in [-0.2, 0) is 17.8 Å². The maximum atomic E-state index is 10.9. The van der Waals surface area contributed by atoms with Gasteiger partial charge in [0.1, 0.15) is 0 Å². The Labute approximate surface area is 87.9 Å². The summed E-state index contributed by atoms with van der Waals surface area (Å²) in [6.45, 7) is 1.000. The molecule has 1 aliphatic carbocycles. The van der Waals surface area contributed by atoms with E-state index in [2.05, 4.69) is 11.2 Å². The van der Waals surface area contributed by atoms with E-state index in [9.17, 15) is 4.79 Å². The van der Waals surface area contributed by atoms with E-state index in [0.717, 1.165) is 31.5 Å². The smallest absolute Gasteiger partial charge is 0.307 e. The minimum atomic E-state index is -0.667. The molecule has 2 aliphatic rings. The first kappa shape index (κ1) is 8.95. The second kappa shape index (κ2) is 3.08. The highest BCUT2D eigenvalue weighted by Gasteiger charge is 2.39. The summed E-state index contributed by atoms with van der Waals surface area (Å²) in [5.74, 6) is -0.694. The van der Waals surface area contributed by atoms with E-state index in [1.54, 1.807) is 0 Å². The summed E-state index contributed by atoms with van der Waals surface area (Å²) in [5.41, 5.74) is 2.28. The summed E-state index contributed by atoms with van der Waals surface area (Å²) >= 11 is 0. The van der Waals surface area contributed by atoms with Gasteiger partial charge in [0.25, 0.3) is 0 Å². The highest BCUT2D eigenvalue weighted by Crippen LogP contribution is 2.42. The van der Waals surface area contributed by atoms with Gasteiger partial charge in [-0.25, -0.2) is 0 Å². The van der Waals surface area contributed by atoms with E-state index in [1.165, 1.54) is 12.1 Å². The highest BCUT2D eigenvalue weighted by molar-refractivity contribution is 5.72. The van der Waals surface area contributed by atoms with E-state index in [4.69, 9.17) is 5.11 Å². The first-order chi connectivity index (χ1) is 7.25. The van der Waals surface area contributed by atoms with Crippen molar-refractivity contribution in [2.75, 3.05) is 0 Å². The van der Waals surface area contributed by atoms with Crippen LogP contribution >= 0.6 is 0 Å². The first-order valence-electron chi connectivity index (χ1n) is 5.55. The average molecular weight is 206 g/mol. The van der Waals surface area contributed by atoms with Crippen molar-refractivity contribution in [3.8, 4) is 0 Å². The monoisotopic (exact) mass is 206 g/mol. The van der Waals surface area contributed by atoms with Gasteiger partial charge in [-0.2, -0.15) is 5.10 Å². The summed E-state index contributed by atoms with van der Waals surface area (Å²) < 4.78 is 2.03. The van der Waals surface area contributed by atoms with Crippen LogP contribution in [0.4, 0.5) is 0 Å². The number of carboxylic acids is 1. The molecule has 0 aromatic carbocycles. The van der Waals surface area contributed by atoms with Gasteiger partial charge in [0, 0.05) is 18.2 Å². The molecular weight excluding hydrogens is 192 g/mol. The zero-order chi connectivity index (χ0) is 10.4. The maximum Gasteiger partial charge on any atom is 0.307 e. The predicted octanol–water partition coefficient (Wildman–Crippen LogP) is 1.41. The molecular formula is C11H14N2O2. The number of rotatable bonds is 2. The Bertz CT molecular complexity index is 389. The lowest BCUT2D eigenvalue weighted by Crippen LogP contribution is -2.31. The van der Waals surface area contributed by atoms with E-state index >= 15 is 0 Å². The van der Waals surface area contributed by atoms with Crippen LogP contribution in [0, 0.1) is 5.92 Å². The molecule has 0 radical (unpaired) electrons. The number of hydrogen-bond donors (Lipinski definition) is 1. The third kappa shape index (κ3) is 1.28. The van der Waals surface area contributed by atoms with Gasteiger partial charge in [0.2, 0.25) is 0 Å². The Morgan fingerprint density at radius 2 is 2.40 bits per heavy atom. The van der Waals surface area contributed by atoms with Gasteiger partial charge >= 0.3 is 5.97 Å². The van der Waals surface area contributed by atoms with Gasteiger partial charge in [0.15, 0.2) is 0 Å². The van der Waals surface area contributed by atoms with E-state index < -0.39 is 5.97 Å². The molecule has 1 saturated carbocycles. The zero-order valence-electron chi connectivity index (χ0n) is 8.52. The number of aliphatic carboxylic acids is 1. The van der Waals surface area contributed by atoms with Crippen molar-refractivity contribution in [1.82, 2.24) is 9.78 Å². The van der Waals surface area contributed by atoms with Crippen molar-refractivity contribution in [1.29, 1.82) is 0 Å². The molecule has 80 valence electrons. The average Bonchev–Trinajstić information content (AvgIpc) is 2.59. The van der Waals surface area contributed by atoms with Crippen LogP contribution in [0.25, 0.3) is 0 Å². The summed E-state index contributed by atoms with van der Waals surface area (Å²) in [5, 5.41) is 13.5. The van der Waals surface area contributed by atoms with Gasteiger partial charge in [-0.3, -0.25) is 9.48 Å². The molecule has 3 rings (SSSR count). The Balaban J connectivity index is 1.84. The molecule has 4 nitrogen and oxygen atoms in total.